The SMILES string of the molecule is C1=CC(c2ccc(C3N=C(c4ccc(-c5ccccc5)cc4)N=C(c4ccc(-c5cccc6oc7c8ccccc8c(-c8ccccn8)cc7c56)cc4)N3)cc2)=CCC1. The van der Waals surface area contributed by atoms with Crippen LogP contribution in [0.3, 0.4) is 0 Å². The third-order valence-electron chi connectivity index (χ3n) is 11.5. The van der Waals surface area contributed by atoms with Gasteiger partial charge in [0.15, 0.2) is 5.84 Å². The molecule has 1 atom stereocenters. The van der Waals surface area contributed by atoms with Crippen molar-refractivity contribution in [3.05, 3.63) is 217 Å². The number of allylic oxidation sites excluding steroid dienone is 4. The summed E-state index contributed by atoms with van der Waals surface area (Å²) >= 11 is 0. The maximum atomic E-state index is 6.65. The average Bonchev–Trinajstić information content (AvgIpc) is 3.71. The highest BCUT2D eigenvalue weighted by molar-refractivity contribution is 6.22. The molecule has 11 rings (SSSR count). The first-order valence-electron chi connectivity index (χ1n) is 20.2. The van der Waals surface area contributed by atoms with Gasteiger partial charge in [0.05, 0.1) is 5.69 Å². The molecule has 5 nitrogen and oxygen atoms in total. The molecule has 0 bridgehead atoms. The smallest absolute Gasteiger partial charge is 0.159 e. The van der Waals surface area contributed by atoms with Gasteiger partial charge in [0, 0.05) is 39.0 Å². The molecule has 59 heavy (non-hydrogen) atoms. The van der Waals surface area contributed by atoms with Gasteiger partial charge < -0.3 is 9.73 Å². The Morgan fingerprint density at radius 3 is 2.03 bits per heavy atom. The molecule has 0 spiro atoms. The number of pyridine rings is 1. The summed E-state index contributed by atoms with van der Waals surface area (Å²) in [5, 5.41) is 8.03. The van der Waals surface area contributed by atoms with Crippen molar-refractivity contribution in [3.8, 4) is 33.5 Å². The number of aliphatic imine (C=N–C) groups is 2. The number of rotatable bonds is 7. The fourth-order valence-electron chi connectivity index (χ4n) is 8.45. The van der Waals surface area contributed by atoms with Crippen molar-refractivity contribution < 1.29 is 4.42 Å². The van der Waals surface area contributed by atoms with Crippen LogP contribution in [-0.4, -0.2) is 16.7 Å². The number of nitrogens with zero attached hydrogens (tertiary/aromatic N) is 3. The van der Waals surface area contributed by atoms with Gasteiger partial charge in [-0.05, 0) is 81.4 Å². The first-order valence-corrected chi connectivity index (χ1v) is 20.2. The Hall–Kier alpha value is -7.63. The van der Waals surface area contributed by atoms with E-state index >= 15 is 0 Å². The van der Waals surface area contributed by atoms with Crippen LogP contribution in [0.15, 0.2) is 209 Å². The largest absolute Gasteiger partial charge is 0.455 e. The highest BCUT2D eigenvalue weighted by Crippen LogP contribution is 2.43. The van der Waals surface area contributed by atoms with Crippen LogP contribution in [0.2, 0.25) is 0 Å². The van der Waals surface area contributed by atoms with Crippen LogP contribution < -0.4 is 5.32 Å². The maximum absolute atomic E-state index is 6.65. The molecular formula is C54H38N4O. The van der Waals surface area contributed by atoms with Gasteiger partial charge in [0.1, 0.15) is 23.2 Å². The van der Waals surface area contributed by atoms with E-state index in [-0.39, 0.29) is 6.17 Å². The van der Waals surface area contributed by atoms with E-state index in [0.717, 1.165) is 96.0 Å². The number of benzene rings is 7. The number of nitrogens with one attached hydrogen (secondary N) is 1. The van der Waals surface area contributed by atoms with Crippen molar-refractivity contribution in [1.82, 2.24) is 10.3 Å². The normalized spacial score (nSPS) is 15.2. The number of hydrogen-bond acceptors (Lipinski definition) is 5. The summed E-state index contributed by atoms with van der Waals surface area (Å²) in [6.07, 6.45) is 10.5. The average molecular weight is 759 g/mol. The van der Waals surface area contributed by atoms with E-state index < -0.39 is 0 Å². The zero-order chi connectivity index (χ0) is 39.1. The summed E-state index contributed by atoms with van der Waals surface area (Å²) in [5.74, 6) is 1.47. The lowest BCUT2D eigenvalue weighted by Gasteiger charge is -2.24. The highest BCUT2D eigenvalue weighted by Gasteiger charge is 2.23. The van der Waals surface area contributed by atoms with Crippen LogP contribution in [0.1, 0.15) is 41.3 Å². The van der Waals surface area contributed by atoms with Crippen LogP contribution in [0, 0.1) is 0 Å². The van der Waals surface area contributed by atoms with Crippen molar-refractivity contribution >= 4 is 50.0 Å². The van der Waals surface area contributed by atoms with Crippen molar-refractivity contribution in [3.63, 3.8) is 0 Å². The second-order valence-electron chi connectivity index (χ2n) is 15.1. The fraction of sp³-hybridized carbons (Fsp3) is 0.0556. The number of aromatic nitrogens is 1. The lowest BCUT2D eigenvalue weighted by Crippen LogP contribution is -2.33. The lowest BCUT2D eigenvalue weighted by atomic mass is 9.94. The van der Waals surface area contributed by atoms with Crippen molar-refractivity contribution in [1.29, 1.82) is 0 Å². The lowest BCUT2D eigenvalue weighted by molar-refractivity contribution is 0.672. The zero-order valence-electron chi connectivity index (χ0n) is 32.2. The maximum Gasteiger partial charge on any atom is 0.159 e. The number of furan rings is 1. The molecular weight excluding hydrogens is 721 g/mol. The van der Waals surface area contributed by atoms with Gasteiger partial charge >= 0.3 is 0 Å². The van der Waals surface area contributed by atoms with E-state index in [1.807, 2.05) is 24.4 Å². The molecule has 1 aliphatic carbocycles. The van der Waals surface area contributed by atoms with Crippen LogP contribution >= 0.6 is 0 Å². The van der Waals surface area contributed by atoms with Gasteiger partial charge in [-0.25, -0.2) is 9.98 Å². The minimum absolute atomic E-state index is 0.315. The molecule has 2 aliphatic rings. The fourth-order valence-corrected chi connectivity index (χ4v) is 8.45. The molecule has 0 amide bonds. The van der Waals surface area contributed by atoms with Crippen LogP contribution in [0.25, 0.3) is 71.8 Å². The molecule has 3 heterocycles. The predicted octanol–water partition coefficient (Wildman–Crippen LogP) is 13.4. The second kappa shape index (κ2) is 14.7. The Morgan fingerprint density at radius 1 is 0.542 bits per heavy atom. The van der Waals surface area contributed by atoms with Crippen LogP contribution in [0.5, 0.6) is 0 Å². The van der Waals surface area contributed by atoms with Gasteiger partial charge in [-0.2, -0.15) is 0 Å². The van der Waals surface area contributed by atoms with E-state index in [2.05, 4.69) is 175 Å². The van der Waals surface area contributed by atoms with Crippen molar-refractivity contribution in [2.45, 2.75) is 19.0 Å². The van der Waals surface area contributed by atoms with E-state index in [0.29, 0.717) is 5.84 Å². The van der Waals surface area contributed by atoms with Gasteiger partial charge in [-0.15, -0.1) is 0 Å². The third kappa shape index (κ3) is 6.43. The molecule has 280 valence electrons. The summed E-state index contributed by atoms with van der Waals surface area (Å²) < 4.78 is 6.65. The summed E-state index contributed by atoms with van der Waals surface area (Å²) in [5.41, 5.74) is 13.8. The molecule has 0 saturated heterocycles. The quantitative estimate of drug-likeness (QED) is 0.176. The third-order valence-corrected chi connectivity index (χ3v) is 11.5. The molecule has 2 aromatic heterocycles. The van der Waals surface area contributed by atoms with E-state index in [4.69, 9.17) is 19.4 Å². The monoisotopic (exact) mass is 758 g/mol. The van der Waals surface area contributed by atoms with E-state index in [1.165, 1.54) is 16.7 Å². The molecule has 5 heteroatoms. The standard InChI is InChI=1S/C54H38N4O/c1-3-12-35(13-4-1)37-21-27-40(28-22-37)52-56-53(41-29-23-38(24-30-41)36-14-5-2-6-15-36)58-54(57-52)42-31-25-39(26-32-42)43-18-11-20-49-50(43)47-34-46(48-19-9-10-33-55-48)44-16-7-8-17-45(44)51(47)59-49/h1,3-5,7-34,53H,2,6H2,(H,56,57,58). The molecule has 9 aromatic rings. The Kier molecular flexibility index (Phi) is 8.63. The predicted molar refractivity (Wildman–Crippen MR) is 244 cm³/mol. The van der Waals surface area contributed by atoms with Crippen LogP contribution in [0.4, 0.5) is 0 Å². The Balaban J connectivity index is 0.976. The number of fused-ring (bicyclic) bond motifs is 5. The molecule has 0 saturated carbocycles. The molecule has 1 aliphatic heterocycles. The van der Waals surface area contributed by atoms with Gasteiger partial charge in [-0.3, -0.25) is 4.98 Å². The zero-order valence-corrected chi connectivity index (χ0v) is 32.2. The Bertz CT molecular complexity index is 3140. The van der Waals surface area contributed by atoms with Crippen molar-refractivity contribution in [2.24, 2.45) is 9.98 Å². The summed E-state index contributed by atoms with van der Waals surface area (Å²) in [6.45, 7) is 0. The van der Waals surface area contributed by atoms with Gasteiger partial charge in [-0.1, -0.05) is 164 Å². The molecule has 1 unspecified atom stereocenters. The summed E-state index contributed by atoms with van der Waals surface area (Å²) in [7, 11) is 0. The van der Waals surface area contributed by atoms with Gasteiger partial charge in [0.25, 0.3) is 0 Å². The molecule has 0 fully saturated rings. The molecule has 1 N–H and O–H groups in total. The first-order chi connectivity index (χ1) is 29.2. The number of hydrogen-bond donors (Lipinski definition) is 1. The molecule has 0 radical (unpaired) electrons. The Labute approximate surface area is 342 Å². The molecule has 7 aromatic carbocycles. The second-order valence-corrected chi connectivity index (χ2v) is 15.1. The minimum Gasteiger partial charge on any atom is -0.455 e. The van der Waals surface area contributed by atoms with E-state index in [1.54, 1.807) is 0 Å². The van der Waals surface area contributed by atoms with E-state index in [9.17, 15) is 0 Å². The first kappa shape index (κ1) is 34.6. The van der Waals surface area contributed by atoms with Crippen LogP contribution in [-0.2, 0) is 0 Å². The summed E-state index contributed by atoms with van der Waals surface area (Å²) in [4.78, 5) is 15.1. The Morgan fingerprint density at radius 2 is 1.25 bits per heavy atom. The van der Waals surface area contributed by atoms with Gasteiger partial charge in [0.2, 0.25) is 0 Å². The minimum atomic E-state index is -0.315. The number of amidine groups is 2. The topological polar surface area (TPSA) is 62.8 Å². The van der Waals surface area contributed by atoms with Crippen molar-refractivity contribution in [2.75, 3.05) is 0 Å². The summed E-state index contributed by atoms with van der Waals surface area (Å²) in [6, 6.07) is 59.5. The highest BCUT2D eigenvalue weighted by atomic mass is 16.3.